The molecular formula is C46H39ClN6. The van der Waals surface area contributed by atoms with E-state index in [2.05, 4.69) is 134 Å². The van der Waals surface area contributed by atoms with Gasteiger partial charge in [0, 0.05) is 40.6 Å². The number of pyridine rings is 2. The zero-order valence-electron chi connectivity index (χ0n) is 29.0. The van der Waals surface area contributed by atoms with Gasteiger partial charge in [0.15, 0.2) is 5.82 Å². The lowest BCUT2D eigenvalue weighted by molar-refractivity contribution is -0.482. The Balaban J connectivity index is 0.000000178. The van der Waals surface area contributed by atoms with Crippen LogP contribution in [0.2, 0.25) is 0 Å². The molecule has 53 heavy (non-hydrogen) atoms. The molecule has 7 heteroatoms. The first-order chi connectivity index (χ1) is 25.8. The Morgan fingerprint density at radius 1 is 0.358 bits per heavy atom. The van der Waals surface area contributed by atoms with Crippen LogP contribution in [0.15, 0.2) is 207 Å². The van der Waals surface area contributed by atoms with Crippen LogP contribution in [0.1, 0.15) is 0 Å². The minimum atomic E-state index is 0. The van der Waals surface area contributed by atoms with Crippen molar-refractivity contribution >= 4 is 45.8 Å². The number of anilines is 6. The summed E-state index contributed by atoms with van der Waals surface area (Å²) in [6.07, 6.45) is 3.61. The first-order valence-electron chi connectivity index (χ1n) is 17.2. The molecule has 0 saturated heterocycles. The average molecular weight is 711 g/mol. The summed E-state index contributed by atoms with van der Waals surface area (Å²) in [7, 11) is 0. The molecule has 0 spiro atoms. The molecule has 0 amide bonds. The van der Waals surface area contributed by atoms with Crippen LogP contribution in [-0.2, 0) is 0 Å². The third-order valence-electron chi connectivity index (χ3n) is 8.35. The van der Waals surface area contributed by atoms with E-state index in [1.807, 2.05) is 97.2 Å². The van der Waals surface area contributed by atoms with Crippen molar-refractivity contribution in [2.45, 2.75) is 0 Å². The molecule has 6 aromatic carbocycles. The van der Waals surface area contributed by atoms with E-state index >= 15 is 0 Å². The van der Waals surface area contributed by atoms with E-state index in [1.165, 1.54) is 16.7 Å². The SMILES string of the molecule is [Cl-].c1ccc(Nc2ncccc2Nc2ccccc2-c2ccccc2)cc1.c1ccc([NH2+]c2ncccc2Nc2ccccc2-c2ccccc2)cc1. The van der Waals surface area contributed by atoms with Gasteiger partial charge in [-0.15, -0.1) is 0 Å². The number of hydrogen-bond acceptors (Lipinski definition) is 5. The predicted molar refractivity (Wildman–Crippen MR) is 216 cm³/mol. The van der Waals surface area contributed by atoms with Gasteiger partial charge < -0.3 is 28.4 Å². The average Bonchev–Trinajstić information content (AvgIpc) is 3.21. The summed E-state index contributed by atoms with van der Waals surface area (Å²) in [6.45, 7) is 0. The molecule has 0 radical (unpaired) electrons. The molecule has 6 nitrogen and oxygen atoms in total. The lowest BCUT2D eigenvalue weighted by atomic mass is 10.0. The number of para-hydroxylation sites is 4. The van der Waals surface area contributed by atoms with Crippen LogP contribution in [0.4, 0.5) is 45.8 Å². The van der Waals surface area contributed by atoms with Crippen LogP contribution in [0.3, 0.4) is 0 Å². The Morgan fingerprint density at radius 2 is 0.792 bits per heavy atom. The molecule has 260 valence electrons. The Bertz CT molecular complexity index is 2140. The summed E-state index contributed by atoms with van der Waals surface area (Å²) in [4.78, 5) is 9.05. The van der Waals surface area contributed by atoms with Gasteiger partial charge >= 0.3 is 0 Å². The number of quaternary nitrogens is 1. The largest absolute Gasteiger partial charge is 1.00 e. The quantitative estimate of drug-likeness (QED) is 0.108. The second kappa shape index (κ2) is 18.5. The first-order valence-corrected chi connectivity index (χ1v) is 17.2. The minimum Gasteiger partial charge on any atom is -1.00 e. The maximum atomic E-state index is 4.55. The minimum absolute atomic E-state index is 0. The molecule has 0 aliphatic rings. The predicted octanol–water partition coefficient (Wildman–Crippen LogP) is 8.26. The summed E-state index contributed by atoms with van der Waals surface area (Å²) >= 11 is 0. The van der Waals surface area contributed by atoms with E-state index in [4.69, 9.17) is 0 Å². The standard InChI is InChI=1S/2C23H19N3.ClH/c2*1-3-10-18(11-4-1)20-14-7-8-15-21(20)26-22-16-9-17-24-23(22)25-19-12-5-2-6-13-19;/h2*1-17,26H,(H,24,25);1H. The van der Waals surface area contributed by atoms with Crippen molar-refractivity contribution in [3.8, 4) is 22.3 Å². The smallest absolute Gasteiger partial charge is 0.253 e. The van der Waals surface area contributed by atoms with Crippen LogP contribution in [0.25, 0.3) is 22.3 Å². The van der Waals surface area contributed by atoms with Gasteiger partial charge in [0.1, 0.15) is 11.4 Å². The molecule has 0 bridgehead atoms. The van der Waals surface area contributed by atoms with Gasteiger partial charge in [-0.25, -0.2) is 9.97 Å². The zero-order valence-corrected chi connectivity index (χ0v) is 29.7. The number of hydrogen-bond donors (Lipinski definition) is 4. The summed E-state index contributed by atoms with van der Waals surface area (Å²) in [5.74, 6) is 1.71. The Kier molecular flexibility index (Phi) is 12.6. The molecule has 0 unspecified atom stereocenters. The Morgan fingerprint density at radius 3 is 1.38 bits per heavy atom. The van der Waals surface area contributed by atoms with Gasteiger partial charge in [0.05, 0.1) is 5.69 Å². The number of rotatable bonds is 10. The summed E-state index contributed by atoms with van der Waals surface area (Å²) in [6, 6.07) is 65.7. The second-order valence-electron chi connectivity index (χ2n) is 12.0. The number of aromatic nitrogens is 2. The van der Waals surface area contributed by atoms with Crippen molar-refractivity contribution in [2.24, 2.45) is 0 Å². The summed E-state index contributed by atoms with van der Waals surface area (Å²) in [5.41, 5.74) is 10.9. The highest BCUT2D eigenvalue weighted by Gasteiger charge is 2.12. The highest BCUT2D eigenvalue weighted by Crippen LogP contribution is 2.33. The van der Waals surface area contributed by atoms with Crippen LogP contribution in [0.5, 0.6) is 0 Å². The van der Waals surface area contributed by atoms with Gasteiger partial charge in [-0.05, 0) is 71.8 Å². The van der Waals surface area contributed by atoms with Crippen molar-refractivity contribution in [3.63, 3.8) is 0 Å². The fourth-order valence-electron chi connectivity index (χ4n) is 5.82. The van der Waals surface area contributed by atoms with E-state index in [9.17, 15) is 0 Å². The fraction of sp³-hybridized carbons (Fsp3) is 0. The zero-order chi connectivity index (χ0) is 35.2. The van der Waals surface area contributed by atoms with Crippen molar-refractivity contribution in [1.29, 1.82) is 0 Å². The molecule has 0 saturated carbocycles. The highest BCUT2D eigenvalue weighted by molar-refractivity contribution is 5.85. The van der Waals surface area contributed by atoms with Crippen LogP contribution >= 0.6 is 0 Å². The number of nitrogens with two attached hydrogens (primary N) is 1. The Hall–Kier alpha value is -6.73. The monoisotopic (exact) mass is 710 g/mol. The molecule has 2 aromatic heterocycles. The molecule has 0 aliphatic carbocycles. The number of benzene rings is 6. The third kappa shape index (κ3) is 9.74. The molecule has 8 rings (SSSR count). The van der Waals surface area contributed by atoms with Crippen LogP contribution < -0.4 is 33.7 Å². The maximum absolute atomic E-state index is 4.55. The van der Waals surface area contributed by atoms with Gasteiger partial charge in [0.25, 0.3) is 5.82 Å². The van der Waals surface area contributed by atoms with Crippen molar-refractivity contribution in [2.75, 3.05) is 16.0 Å². The van der Waals surface area contributed by atoms with E-state index in [0.717, 1.165) is 51.3 Å². The molecule has 0 atom stereocenters. The Labute approximate surface area is 317 Å². The maximum Gasteiger partial charge on any atom is 0.253 e. The second-order valence-corrected chi connectivity index (χ2v) is 12.0. The first kappa shape index (κ1) is 36.1. The molecule has 5 N–H and O–H groups in total. The van der Waals surface area contributed by atoms with Crippen molar-refractivity contribution in [3.05, 3.63) is 207 Å². The van der Waals surface area contributed by atoms with Gasteiger partial charge in [-0.3, -0.25) is 5.32 Å². The van der Waals surface area contributed by atoms with Crippen molar-refractivity contribution in [1.82, 2.24) is 9.97 Å². The van der Waals surface area contributed by atoms with Crippen LogP contribution in [0, 0.1) is 0 Å². The fourth-order valence-corrected chi connectivity index (χ4v) is 5.82. The van der Waals surface area contributed by atoms with E-state index in [0.29, 0.717) is 0 Å². The number of nitrogens with one attached hydrogen (secondary N) is 3. The number of halogens is 1. The molecule has 0 fully saturated rings. The molecule has 2 heterocycles. The molecule has 8 aromatic rings. The van der Waals surface area contributed by atoms with Gasteiger partial charge in [-0.1, -0.05) is 133 Å². The molecular weight excluding hydrogens is 672 g/mol. The van der Waals surface area contributed by atoms with E-state index < -0.39 is 0 Å². The van der Waals surface area contributed by atoms with Gasteiger partial charge in [-0.2, -0.15) is 0 Å². The lowest BCUT2D eigenvalue weighted by Gasteiger charge is -2.15. The summed E-state index contributed by atoms with van der Waals surface area (Å²) in [5, 5.41) is 12.6. The third-order valence-corrected chi connectivity index (χ3v) is 8.35. The van der Waals surface area contributed by atoms with E-state index in [-0.39, 0.29) is 12.4 Å². The van der Waals surface area contributed by atoms with E-state index in [1.54, 1.807) is 6.20 Å². The number of nitrogens with zero attached hydrogens (tertiary/aromatic N) is 2. The van der Waals surface area contributed by atoms with Gasteiger partial charge in [0.2, 0.25) is 0 Å². The van der Waals surface area contributed by atoms with Crippen molar-refractivity contribution < 1.29 is 17.7 Å². The molecule has 0 aliphatic heterocycles. The van der Waals surface area contributed by atoms with Crippen LogP contribution in [-0.4, -0.2) is 9.97 Å². The summed E-state index contributed by atoms with van der Waals surface area (Å²) < 4.78 is 0. The lowest BCUT2D eigenvalue weighted by Crippen LogP contribution is -3.00. The highest BCUT2D eigenvalue weighted by atomic mass is 35.5. The normalized spacial score (nSPS) is 10.2. The topological polar surface area (TPSA) is 78.5 Å².